The highest BCUT2D eigenvalue weighted by Crippen LogP contribution is 2.23. The van der Waals surface area contributed by atoms with Gasteiger partial charge in [0.05, 0.1) is 20.8 Å². The molecule has 1 aromatic carbocycles. The molecule has 21 heavy (non-hydrogen) atoms. The summed E-state index contributed by atoms with van der Waals surface area (Å²) in [6, 6.07) is 5.86. The summed E-state index contributed by atoms with van der Waals surface area (Å²) in [5, 5.41) is 3.39. The van der Waals surface area contributed by atoms with Gasteiger partial charge in [-0.3, -0.25) is 0 Å². The molecule has 4 nitrogen and oxygen atoms in total. The number of hydrogen-bond donors (Lipinski definition) is 1. The average Bonchev–Trinajstić information content (AvgIpc) is 2.52. The van der Waals surface area contributed by atoms with Gasteiger partial charge in [-0.1, -0.05) is 0 Å². The zero-order valence-electron chi connectivity index (χ0n) is 12.9. The molecule has 2 rings (SSSR count). The number of rotatable bonds is 7. The van der Waals surface area contributed by atoms with Crippen LogP contribution < -0.4 is 14.8 Å². The van der Waals surface area contributed by atoms with Crippen molar-refractivity contribution in [2.24, 2.45) is 5.92 Å². The molecule has 0 aliphatic carbocycles. The summed E-state index contributed by atoms with van der Waals surface area (Å²) in [7, 11) is 3.33. The molecule has 0 atom stereocenters. The Labute approximate surface area is 133 Å². The summed E-state index contributed by atoms with van der Waals surface area (Å²) in [6.07, 6.45) is 3.70. The third-order valence-corrected chi connectivity index (χ3v) is 3.81. The Bertz CT molecular complexity index is 386. The SMILES string of the molecule is COc1cc(COCCC2CCNCC2)cc(OC)c1.Cl. The van der Waals surface area contributed by atoms with Gasteiger partial charge in [0.15, 0.2) is 0 Å². The van der Waals surface area contributed by atoms with Crippen LogP contribution in [0.2, 0.25) is 0 Å². The van der Waals surface area contributed by atoms with Gasteiger partial charge in [-0.25, -0.2) is 0 Å². The number of nitrogens with one attached hydrogen (secondary N) is 1. The second kappa shape index (κ2) is 9.87. The van der Waals surface area contributed by atoms with Crippen LogP contribution in [0.25, 0.3) is 0 Å². The highest BCUT2D eigenvalue weighted by molar-refractivity contribution is 5.85. The van der Waals surface area contributed by atoms with Crippen molar-refractivity contribution in [2.45, 2.75) is 25.9 Å². The van der Waals surface area contributed by atoms with E-state index in [-0.39, 0.29) is 12.4 Å². The molecule has 0 spiro atoms. The van der Waals surface area contributed by atoms with Crippen LogP contribution >= 0.6 is 12.4 Å². The van der Waals surface area contributed by atoms with Crippen molar-refractivity contribution in [1.82, 2.24) is 5.32 Å². The molecular weight excluding hydrogens is 290 g/mol. The molecule has 1 aliphatic heterocycles. The minimum absolute atomic E-state index is 0. The molecule has 0 radical (unpaired) electrons. The van der Waals surface area contributed by atoms with Crippen molar-refractivity contribution >= 4 is 12.4 Å². The molecule has 1 N–H and O–H groups in total. The first-order valence-electron chi connectivity index (χ1n) is 7.32. The van der Waals surface area contributed by atoms with Crippen molar-refractivity contribution < 1.29 is 14.2 Å². The maximum atomic E-state index is 5.79. The monoisotopic (exact) mass is 315 g/mol. The predicted octanol–water partition coefficient (Wildman–Crippen LogP) is 3.03. The molecule has 1 aliphatic rings. The standard InChI is InChI=1S/C16H25NO3.ClH/c1-18-15-9-14(10-16(11-15)19-2)12-20-8-5-13-3-6-17-7-4-13;/h9-11,13,17H,3-8,12H2,1-2H3;1H. The summed E-state index contributed by atoms with van der Waals surface area (Å²) in [5.41, 5.74) is 1.09. The van der Waals surface area contributed by atoms with Gasteiger partial charge in [0.2, 0.25) is 0 Å². The molecular formula is C16H26ClNO3. The second-order valence-corrected chi connectivity index (χ2v) is 5.26. The largest absolute Gasteiger partial charge is 0.497 e. The lowest BCUT2D eigenvalue weighted by Crippen LogP contribution is -2.28. The van der Waals surface area contributed by atoms with E-state index < -0.39 is 0 Å². The Hall–Kier alpha value is -0.970. The Kier molecular flexibility index (Phi) is 8.50. The van der Waals surface area contributed by atoms with Gasteiger partial charge in [0.1, 0.15) is 11.5 Å². The number of hydrogen-bond acceptors (Lipinski definition) is 4. The number of piperidine rings is 1. The zero-order chi connectivity index (χ0) is 14.2. The maximum absolute atomic E-state index is 5.79. The van der Waals surface area contributed by atoms with Crippen LogP contribution in [0, 0.1) is 5.92 Å². The summed E-state index contributed by atoms with van der Waals surface area (Å²) in [6.45, 7) is 3.73. The zero-order valence-corrected chi connectivity index (χ0v) is 13.7. The van der Waals surface area contributed by atoms with E-state index in [1.165, 1.54) is 12.8 Å². The fourth-order valence-electron chi connectivity index (χ4n) is 2.56. The lowest BCUT2D eigenvalue weighted by atomic mass is 9.95. The highest BCUT2D eigenvalue weighted by atomic mass is 35.5. The van der Waals surface area contributed by atoms with E-state index in [0.717, 1.165) is 49.1 Å². The number of methoxy groups -OCH3 is 2. The van der Waals surface area contributed by atoms with Crippen LogP contribution in [0.4, 0.5) is 0 Å². The third-order valence-electron chi connectivity index (χ3n) is 3.81. The van der Waals surface area contributed by atoms with Crippen LogP contribution in [0.5, 0.6) is 11.5 Å². The maximum Gasteiger partial charge on any atom is 0.122 e. The third kappa shape index (κ3) is 6.12. The molecule has 1 saturated heterocycles. The van der Waals surface area contributed by atoms with Gasteiger partial charge < -0.3 is 19.5 Å². The smallest absolute Gasteiger partial charge is 0.122 e. The predicted molar refractivity (Wildman–Crippen MR) is 86.7 cm³/mol. The minimum atomic E-state index is 0. The normalized spacial score (nSPS) is 15.3. The molecule has 0 saturated carbocycles. The lowest BCUT2D eigenvalue weighted by molar-refractivity contribution is 0.102. The topological polar surface area (TPSA) is 39.7 Å². The molecule has 0 aromatic heterocycles. The minimum Gasteiger partial charge on any atom is -0.497 e. The van der Waals surface area contributed by atoms with Gasteiger partial charge in [-0.2, -0.15) is 0 Å². The van der Waals surface area contributed by atoms with Crippen LogP contribution in [-0.4, -0.2) is 33.9 Å². The first kappa shape index (κ1) is 18.1. The van der Waals surface area contributed by atoms with Crippen LogP contribution in [0.3, 0.4) is 0 Å². The number of ether oxygens (including phenoxy) is 3. The summed E-state index contributed by atoms with van der Waals surface area (Å²) in [4.78, 5) is 0. The van der Waals surface area contributed by atoms with Crippen molar-refractivity contribution in [3.05, 3.63) is 23.8 Å². The molecule has 5 heteroatoms. The summed E-state index contributed by atoms with van der Waals surface area (Å²) < 4.78 is 16.3. The second-order valence-electron chi connectivity index (χ2n) is 5.26. The molecule has 1 aromatic rings. The van der Waals surface area contributed by atoms with E-state index >= 15 is 0 Å². The Morgan fingerprint density at radius 1 is 1.05 bits per heavy atom. The van der Waals surface area contributed by atoms with E-state index in [2.05, 4.69) is 5.32 Å². The fraction of sp³-hybridized carbons (Fsp3) is 0.625. The molecule has 0 bridgehead atoms. The molecule has 0 unspecified atom stereocenters. The lowest BCUT2D eigenvalue weighted by Gasteiger charge is -2.22. The number of halogens is 1. The Balaban J connectivity index is 0.00000220. The van der Waals surface area contributed by atoms with E-state index in [4.69, 9.17) is 14.2 Å². The molecule has 1 heterocycles. The van der Waals surface area contributed by atoms with Crippen LogP contribution in [0.1, 0.15) is 24.8 Å². The van der Waals surface area contributed by atoms with Gasteiger partial charge in [-0.05, 0) is 56.0 Å². The summed E-state index contributed by atoms with van der Waals surface area (Å²) in [5.74, 6) is 2.43. The molecule has 1 fully saturated rings. The van der Waals surface area contributed by atoms with E-state index in [1.807, 2.05) is 18.2 Å². The van der Waals surface area contributed by atoms with E-state index in [9.17, 15) is 0 Å². The van der Waals surface area contributed by atoms with Crippen molar-refractivity contribution in [3.8, 4) is 11.5 Å². The van der Waals surface area contributed by atoms with Gasteiger partial charge in [-0.15, -0.1) is 12.4 Å². The number of benzene rings is 1. The molecule has 0 amide bonds. The van der Waals surface area contributed by atoms with E-state index in [1.54, 1.807) is 14.2 Å². The fourth-order valence-corrected chi connectivity index (χ4v) is 2.56. The average molecular weight is 316 g/mol. The molecule has 120 valence electrons. The van der Waals surface area contributed by atoms with Crippen molar-refractivity contribution in [1.29, 1.82) is 0 Å². The highest BCUT2D eigenvalue weighted by Gasteiger charge is 2.12. The van der Waals surface area contributed by atoms with Crippen LogP contribution in [-0.2, 0) is 11.3 Å². The summed E-state index contributed by atoms with van der Waals surface area (Å²) >= 11 is 0. The van der Waals surface area contributed by atoms with Gasteiger partial charge in [0.25, 0.3) is 0 Å². The van der Waals surface area contributed by atoms with Gasteiger partial charge >= 0.3 is 0 Å². The van der Waals surface area contributed by atoms with Crippen molar-refractivity contribution in [3.63, 3.8) is 0 Å². The first-order valence-corrected chi connectivity index (χ1v) is 7.32. The van der Waals surface area contributed by atoms with Crippen molar-refractivity contribution in [2.75, 3.05) is 33.9 Å². The van der Waals surface area contributed by atoms with E-state index in [0.29, 0.717) is 6.61 Å². The Morgan fingerprint density at radius 3 is 2.24 bits per heavy atom. The van der Waals surface area contributed by atoms with Crippen LogP contribution in [0.15, 0.2) is 18.2 Å². The van der Waals surface area contributed by atoms with Gasteiger partial charge in [0, 0.05) is 12.7 Å². The first-order chi connectivity index (χ1) is 9.81. The quantitative estimate of drug-likeness (QED) is 0.785. The Morgan fingerprint density at radius 2 is 1.67 bits per heavy atom.